The number of likely N-dealkylation sites (tertiary alicyclic amines) is 1. The summed E-state index contributed by atoms with van der Waals surface area (Å²) < 4.78 is 0. The van der Waals surface area contributed by atoms with Crippen molar-refractivity contribution in [3.8, 4) is 0 Å². The van der Waals surface area contributed by atoms with E-state index in [1.165, 1.54) is 5.70 Å². The van der Waals surface area contributed by atoms with Crippen LogP contribution < -0.4 is 4.90 Å². The molecule has 3 heteroatoms. The Kier molecular flexibility index (Phi) is 2.62. The normalized spacial score (nSPS) is 22.9. The summed E-state index contributed by atoms with van der Waals surface area (Å²) in [7, 11) is 2.08. The molecule has 2 heterocycles. The number of hydrogen-bond acceptors (Lipinski definition) is 2. The summed E-state index contributed by atoms with van der Waals surface area (Å²) in [4.78, 5) is 16.7. The highest BCUT2D eigenvalue weighted by molar-refractivity contribution is 6.33. The largest absolute Gasteiger partial charge is 0.377 e. The van der Waals surface area contributed by atoms with Gasteiger partial charge in [0.15, 0.2) is 0 Å². The number of amides is 1. The Morgan fingerprint density at radius 3 is 2.72 bits per heavy atom. The average Bonchev–Trinajstić information content (AvgIpc) is 2.90. The van der Waals surface area contributed by atoms with Gasteiger partial charge in [-0.2, -0.15) is 0 Å². The molecule has 0 N–H and O–H groups in total. The summed E-state index contributed by atoms with van der Waals surface area (Å²) in [6.45, 7) is 3.82. The highest BCUT2D eigenvalue weighted by Gasteiger charge is 2.35. The fourth-order valence-electron chi connectivity index (χ4n) is 3.00. The van der Waals surface area contributed by atoms with Gasteiger partial charge in [0.2, 0.25) is 0 Å². The molecule has 0 spiro atoms. The van der Waals surface area contributed by atoms with Crippen LogP contribution in [-0.2, 0) is 4.79 Å². The molecule has 1 fully saturated rings. The van der Waals surface area contributed by atoms with Crippen LogP contribution in [0, 0.1) is 0 Å². The molecule has 0 unspecified atom stereocenters. The van der Waals surface area contributed by atoms with Crippen molar-refractivity contribution >= 4 is 17.2 Å². The highest BCUT2D eigenvalue weighted by atomic mass is 16.2. The molecular weight excluding hydrogens is 224 g/mol. The Morgan fingerprint density at radius 2 is 2.06 bits per heavy atom. The van der Waals surface area contributed by atoms with E-state index in [2.05, 4.69) is 18.0 Å². The van der Waals surface area contributed by atoms with E-state index in [1.54, 1.807) is 0 Å². The quantitative estimate of drug-likeness (QED) is 0.706. The van der Waals surface area contributed by atoms with Gasteiger partial charge >= 0.3 is 0 Å². The molecule has 2 aliphatic heterocycles. The van der Waals surface area contributed by atoms with Crippen molar-refractivity contribution in [2.75, 3.05) is 25.0 Å². The minimum absolute atomic E-state index is 0.169. The lowest BCUT2D eigenvalue weighted by atomic mass is 10.0. The fourth-order valence-corrected chi connectivity index (χ4v) is 3.00. The Hall–Kier alpha value is -1.77. The van der Waals surface area contributed by atoms with E-state index in [1.807, 2.05) is 30.0 Å². The van der Waals surface area contributed by atoms with Crippen LogP contribution >= 0.6 is 0 Å². The first-order valence-electron chi connectivity index (χ1n) is 6.59. The summed E-state index contributed by atoms with van der Waals surface area (Å²) >= 11 is 0. The minimum Gasteiger partial charge on any atom is -0.377 e. The third-order valence-corrected chi connectivity index (χ3v) is 3.90. The van der Waals surface area contributed by atoms with Gasteiger partial charge in [-0.15, -0.1) is 0 Å². The number of carbonyl (C=O) groups is 1. The summed E-state index contributed by atoms with van der Waals surface area (Å²) in [5.41, 5.74) is 4.30. The maximum absolute atomic E-state index is 12.6. The Balaban J connectivity index is 2.20. The van der Waals surface area contributed by atoms with Gasteiger partial charge in [-0.05, 0) is 25.8 Å². The first-order valence-corrected chi connectivity index (χ1v) is 6.59. The first-order chi connectivity index (χ1) is 8.74. The highest BCUT2D eigenvalue weighted by Crippen LogP contribution is 2.40. The number of fused-ring (bicyclic) bond motifs is 1. The van der Waals surface area contributed by atoms with Crippen molar-refractivity contribution in [1.29, 1.82) is 0 Å². The lowest BCUT2D eigenvalue weighted by Gasteiger charge is -2.16. The third kappa shape index (κ3) is 1.47. The molecule has 18 heavy (non-hydrogen) atoms. The Bertz CT molecular complexity index is 533. The number of benzene rings is 1. The maximum Gasteiger partial charge on any atom is 0.260 e. The zero-order chi connectivity index (χ0) is 12.7. The zero-order valence-electron chi connectivity index (χ0n) is 10.9. The fraction of sp³-hybridized carbons (Fsp3) is 0.400. The number of likely N-dealkylation sites (N-methyl/N-ethyl adjacent to an activating group) is 1. The Labute approximate surface area is 108 Å². The van der Waals surface area contributed by atoms with Crippen molar-refractivity contribution < 1.29 is 4.79 Å². The molecule has 3 nitrogen and oxygen atoms in total. The van der Waals surface area contributed by atoms with Crippen molar-refractivity contribution in [1.82, 2.24) is 4.90 Å². The molecule has 0 aromatic heterocycles. The van der Waals surface area contributed by atoms with E-state index >= 15 is 0 Å². The number of nitrogens with zero attached hydrogens (tertiary/aromatic N) is 2. The number of carbonyl (C=O) groups excluding carboxylic acids is 1. The van der Waals surface area contributed by atoms with Gasteiger partial charge in [0, 0.05) is 31.4 Å². The number of hydrogen-bond donors (Lipinski definition) is 0. The predicted octanol–water partition coefficient (Wildman–Crippen LogP) is 2.49. The summed E-state index contributed by atoms with van der Waals surface area (Å²) in [5, 5.41) is 0. The molecule has 1 aromatic rings. The summed E-state index contributed by atoms with van der Waals surface area (Å²) in [6, 6.07) is 8.12. The van der Waals surface area contributed by atoms with Crippen LogP contribution in [-0.4, -0.2) is 30.9 Å². The van der Waals surface area contributed by atoms with E-state index in [9.17, 15) is 4.79 Å². The molecule has 1 amide bonds. The van der Waals surface area contributed by atoms with Gasteiger partial charge in [0.1, 0.15) is 0 Å². The number of para-hydroxylation sites is 1. The monoisotopic (exact) mass is 242 g/mol. The molecule has 0 atom stereocenters. The zero-order valence-corrected chi connectivity index (χ0v) is 10.9. The van der Waals surface area contributed by atoms with Crippen LogP contribution in [0.4, 0.5) is 5.69 Å². The topological polar surface area (TPSA) is 23.6 Å². The standard InChI is InChI=1S/C15H18N2O/c1-3-17-12-8-5-4-7-11(12)14(15(17)18)13-9-6-10-16(13)2/h4-5,7-8H,3,6,9-10H2,1-2H3/b14-13-. The lowest BCUT2D eigenvalue weighted by Crippen LogP contribution is -2.26. The van der Waals surface area contributed by atoms with Crippen molar-refractivity contribution in [2.45, 2.75) is 19.8 Å². The van der Waals surface area contributed by atoms with Crippen LogP contribution in [0.2, 0.25) is 0 Å². The molecule has 1 saturated heterocycles. The van der Waals surface area contributed by atoms with Crippen molar-refractivity contribution in [3.63, 3.8) is 0 Å². The Morgan fingerprint density at radius 1 is 1.28 bits per heavy atom. The third-order valence-electron chi connectivity index (χ3n) is 3.90. The molecule has 1 aromatic carbocycles. The molecule has 0 aliphatic carbocycles. The molecule has 0 radical (unpaired) electrons. The van der Waals surface area contributed by atoms with Gasteiger partial charge in [0.25, 0.3) is 5.91 Å². The number of rotatable bonds is 1. The predicted molar refractivity (Wildman–Crippen MR) is 73.3 cm³/mol. The summed E-state index contributed by atoms with van der Waals surface area (Å²) in [6.07, 6.45) is 2.17. The van der Waals surface area contributed by atoms with Gasteiger partial charge in [0.05, 0.1) is 11.3 Å². The second-order valence-electron chi connectivity index (χ2n) is 4.91. The number of allylic oxidation sites excluding steroid dienone is 1. The van der Waals surface area contributed by atoms with E-state index in [-0.39, 0.29) is 5.91 Å². The van der Waals surface area contributed by atoms with E-state index in [0.29, 0.717) is 0 Å². The molecule has 0 bridgehead atoms. The van der Waals surface area contributed by atoms with Crippen LogP contribution in [0.5, 0.6) is 0 Å². The average molecular weight is 242 g/mol. The molecule has 3 rings (SSSR count). The van der Waals surface area contributed by atoms with Crippen LogP contribution in [0.3, 0.4) is 0 Å². The first kappa shape index (κ1) is 11.3. The van der Waals surface area contributed by atoms with Crippen LogP contribution in [0.1, 0.15) is 25.3 Å². The molecule has 2 aliphatic rings. The van der Waals surface area contributed by atoms with E-state index in [0.717, 1.165) is 42.8 Å². The molecular formula is C15H18N2O. The van der Waals surface area contributed by atoms with Crippen LogP contribution in [0.25, 0.3) is 5.57 Å². The van der Waals surface area contributed by atoms with Gasteiger partial charge in [-0.25, -0.2) is 0 Å². The minimum atomic E-state index is 0.169. The summed E-state index contributed by atoms with van der Waals surface area (Å²) in [5.74, 6) is 0.169. The molecule has 94 valence electrons. The second-order valence-corrected chi connectivity index (χ2v) is 4.91. The van der Waals surface area contributed by atoms with Gasteiger partial charge in [-0.1, -0.05) is 18.2 Å². The maximum atomic E-state index is 12.6. The van der Waals surface area contributed by atoms with E-state index in [4.69, 9.17) is 0 Å². The van der Waals surface area contributed by atoms with Gasteiger partial charge in [-0.3, -0.25) is 4.79 Å². The second kappa shape index (κ2) is 4.16. The number of anilines is 1. The smallest absolute Gasteiger partial charge is 0.260 e. The SMILES string of the molecule is CCN1C(=O)/C(=C2/CCCN2C)c2ccccc21. The van der Waals surface area contributed by atoms with Crippen molar-refractivity contribution in [3.05, 3.63) is 35.5 Å². The van der Waals surface area contributed by atoms with Crippen LogP contribution in [0.15, 0.2) is 30.0 Å². The molecule has 0 saturated carbocycles. The lowest BCUT2D eigenvalue weighted by molar-refractivity contribution is -0.113. The van der Waals surface area contributed by atoms with E-state index < -0.39 is 0 Å². The van der Waals surface area contributed by atoms with Crippen molar-refractivity contribution in [2.24, 2.45) is 0 Å². The van der Waals surface area contributed by atoms with Gasteiger partial charge < -0.3 is 9.80 Å².